The van der Waals surface area contributed by atoms with Gasteiger partial charge in [-0.1, -0.05) is 12.1 Å². The highest BCUT2D eigenvalue weighted by Gasteiger charge is 2.22. The van der Waals surface area contributed by atoms with Crippen LogP contribution >= 0.6 is 0 Å². The van der Waals surface area contributed by atoms with Crippen LogP contribution in [0, 0.1) is 13.8 Å². The van der Waals surface area contributed by atoms with Crippen molar-refractivity contribution in [3.8, 4) is 11.5 Å². The van der Waals surface area contributed by atoms with Gasteiger partial charge in [0.15, 0.2) is 11.5 Å². The molecule has 1 saturated heterocycles. The Kier molecular flexibility index (Phi) is 6.57. The molecule has 0 bridgehead atoms. The molecule has 1 aliphatic heterocycles. The minimum absolute atomic E-state index is 0.141. The van der Waals surface area contributed by atoms with Crippen molar-refractivity contribution in [2.24, 2.45) is 0 Å². The van der Waals surface area contributed by atoms with Gasteiger partial charge in [0.25, 0.3) is 5.91 Å². The molecule has 1 heterocycles. The van der Waals surface area contributed by atoms with Gasteiger partial charge in [0.05, 0.1) is 14.2 Å². The van der Waals surface area contributed by atoms with E-state index in [-0.39, 0.29) is 5.91 Å². The topological polar surface area (TPSA) is 42.0 Å². The first-order valence-corrected chi connectivity index (χ1v) is 9.81. The van der Waals surface area contributed by atoms with E-state index in [0.29, 0.717) is 0 Å². The van der Waals surface area contributed by atoms with Crippen LogP contribution in [0.15, 0.2) is 36.4 Å². The third-order valence-electron chi connectivity index (χ3n) is 5.58. The predicted molar refractivity (Wildman–Crippen MR) is 112 cm³/mol. The van der Waals surface area contributed by atoms with Crippen molar-refractivity contribution in [1.29, 1.82) is 0 Å². The Bertz CT molecular complexity index is 827. The van der Waals surface area contributed by atoms with Crippen molar-refractivity contribution < 1.29 is 14.3 Å². The van der Waals surface area contributed by atoms with Gasteiger partial charge >= 0.3 is 0 Å². The monoisotopic (exact) mass is 382 g/mol. The summed E-state index contributed by atoms with van der Waals surface area (Å²) in [5, 5.41) is 0. The average molecular weight is 383 g/mol. The lowest BCUT2D eigenvalue weighted by Gasteiger charge is -2.35. The number of hydrogen-bond acceptors (Lipinski definition) is 4. The summed E-state index contributed by atoms with van der Waals surface area (Å²) in [6.07, 6.45) is 0.950. The van der Waals surface area contributed by atoms with Crippen LogP contribution in [0.5, 0.6) is 11.5 Å². The molecule has 1 aliphatic rings. The fourth-order valence-corrected chi connectivity index (χ4v) is 3.55. The fraction of sp³-hybridized carbons (Fsp3) is 0.435. The molecule has 28 heavy (non-hydrogen) atoms. The van der Waals surface area contributed by atoms with Gasteiger partial charge in [-0.3, -0.25) is 9.69 Å². The maximum Gasteiger partial charge on any atom is 0.253 e. The van der Waals surface area contributed by atoms with E-state index in [1.165, 1.54) is 16.7 Å². The van der Waals surface area contributed by atoms with Crippen LogP contribution in [-0.2, 0) is 6.42 Å². The van der Waals surface area contributed by atoms with Crippen LogP contribution in [0.4, 0.5) is 0 Å². The van der Waals surface area contributed by atoms with Gasteiger partial charge in [-0.05, 0) is 61.2 Å². The smallest absolute Gasteiger partial charge is 0.253 e. The Morgan fingerprint density at radius 2 is 1.61 bits per heavy atom. The second-order valence-electron chi connectivity index (χ2n) is 7.37. The summed E-state index contributed by atoms with van der Waals surface area (Å²) < 4.78 is 10.7. The minimum Gasteiger partial charge on any atom is -0.493 e. The third-order valence-corrected chi connectivity index (χ3v) is 5.58. The number of carbonyl (C=O) groups excluding carboxylic acids is 1. The average Bonchev–Trinajstić information content (AvgIpc) is 2.73. The number of methoxy groups -OCH3 is 2. The number of aryl methyl sites for hydroxylation is 2. The van der Waals surface area contributed by atoms with Crippen molar-refractivity contribution >= 4 is 5.91 Å². The van der Waals surface area contributed by atoms with E-state index in [4.69, 9.17) is 9.47 Å². The highest BCUT2D eigenvalue weighted by atomic mass is 16.5. The minimum atomic E-state index is 0.141. The van der Waals surface area contributed by atoms with Crippen LogP contribution in [0.3, 0.4) is 0 Å². The van der Waals surface area contributed by atoms with Gasteiger partial charge in [-0.15, -0.1) is 0 Å². The Labute approximate surface area is 167 Å². The lowest BCUT2D eigenvalue weighted by atomic mass is 10.1. The first-order valence-electron chi connectivity index (χ1n) is 9.81. The molecule has 5 nitrogen and oxygen atoms in total. The van der Waals surface area contributed by atoms with Gasteiger partial charge in [0, 0.05) is 38.3 Å². The Morgan fingerprint density at radius 1 is 0.893 bits per heavy atom. The van der Waals surface area contributed by atoms with Crippen molar-refractivity contribution in [2.75, 3.05) is 46.9 Å². The van der Waals surface area contributed by atoms with E-state index in [1.807, 2.05) is 35.2 Å². The molecular formula is C23H30N2O3. The highest BCUT2D eigenvalue weighted by molar-refractivity contribution is 5.94. The van der Waals surface area contributed by atoms with Crippen molar-refractivity contribution in [3.05, 3.63) is 58.7 Å². The van der Waals surface area contributed by atoms with E-state index in [9.17, 15) is 4.79 Å². The summed E-state index contributed by atoms with van der Waals surface area (Å²) in [5.41, 5.74) is 4.41. The second kappa shape index (κ2) is 9.11. The molecule has 0 saturated carbocycles. The Balaban J connectivity index is 1.51. The lowest BCUT2D eigenvalue weighted by molar-refractivity contribution is 0.0638. The van der Waals surface area contributed by atoms with Crippen molar-refractivity contribution in [3.63, 3.8) is 0 Å². The molecule has 0 aliphatic carbocycles. The van der Waals surface area contributed by atoms with Crippen LogP contribution in [-0.4, -0.2) is 62.7 Å². The lowest BCUT2D eigenvalue weighted by Crippen LogP contribution is -2.49. The first kappa shape index (κ1) is 20.2. The van der Waals surface area contributed by atoms with E-state index in [1.54, 1.807) is 14.2 Å². The fourth-order valence-electron chi connectivity index (χ4n) is 3.55. The van der Waals surface area contributed by atoms with Gasteiger partial charge in [-0.2, -0.15) is 0 Å². The van der Waals surface area contributed by atoms with Gasteiger partial charge in [0.1, 0.15) is 0 Å². The van der Waals surface area contributed by atoms with Crippen LogP contribution in [0.1, 0.15) is 27.0 Å². The van der Waals surface area contributed by atoms with Crippen LogP contribution in [0.2, 0.25) is 0 Å². The summed E-state index contributed by atoms with van der Waals surface area (Å²) in [4.78, 5) is 17.1. The molecule has 5 heteroatoms. The quantitative estimate of drug-likeness (QED) is 0.769. The van der Waals surface area contributed by atoms with Gasteiger partial charge < -0.3 is 14.4 Å². The summed E-state index contributed by atoms with van der Waals surface area (Å²) in [5.74, 6) is 1.66. The van der Waals surface area contributed by atoms with E-state index in [0.717, 1.165) is 56.2 Å². The molecule has 0 N–H and O–H groups in total. The number of hydrogen-bond donors (Lipinski definition) is 0. The molecule has 0 aromatic heterocycles. The molecule has 1 fully saturated rings. The summed E-state index contributed by atoms with van der Waals surface area (Å²) >= 11 is 0. The molecule has 2 aromatic rings. The Morgan fingerprint density at radius 3 is 2.25 bits per heavy atom. The van der Waals surface area contributed by atoms with Crippen LogP contribution < -0.4 is 9.47 Å². The number of benzene rings is 2. The number of piperazine rings is 1. The second-order valence-corrected chi connectivity index (χ2v) is 7.37. The maximum atomic E-state index is 12.8. The van der Waals surface area contributed by atoms with Crippen molar-refractivity contribution in [1.82, 2.24) is 9.80 Å². The molecule has 0 unspecified atom stereocenters. The standard InChI is InChI=1S/C23H30N2O3/c1-17-5-7-20(15-18(17)2)23(26)25-13-11-24(12-14-25)10-9-19-6-8-21(27-3)22(16-19)28-4/h5-8,15-16H,9-14H2,1-4H3. The zero-order chi connectivity index (χ0) is 20.1. The zero-order valence-corrected chi connectivity index (χ0v) is 17.3. The Hall–Kier alpha value is -2.53. The molecule has 0 atom stereocenters. The van der Waals surface area contributed by atoms with E-state index >= 15 is 0 Å². The molecule has 0 spiro atoms. The first-order chi connectivity index (χ1) is 13.5. The van der Waals surface area contributed by atoms with E-state index < -0.39 is 0 Å². The van der Waals surface area contributed by atoms with Gasteiger partial charge in [0.2, 0.25) is 0 Å². The zero-order valence-electron chi connectivity index (χ0n) is 17.3. The molecule has 150 valence electrons. The normalized spacial score (nSPS) is 14.8. The van der Waals surface area contributed by atoms with Crippen LogP contribution in [0.25, 0.3) is 0 Å². The largest absolute Gasteiger partial charge is 0.493 e. The number of nitrogens with zero attached hydrogens (tertiary/aromatic N) is 2. The third kappa shape index (κ3) is 4.65. The molecule has 0 radical (unpaired) electrons. The molecule has 2 aromatic carbocycles. The molecular weight excluding hydrogens is 352 g/mol. The number of ether oxygens (including phenoxy) is 2. The van der Waals surface area contributed by atoms with E-state index in [2.05, 4.69) is 24.8 Å². The highest BCUT2D eigenvalue weighted by Crippen LogP contribution is 2.27. The maximum absolute atomic E-state index is 12.8. The molecule has 1 amide bonds. The summed E-state index contributed by atoms with van der Waals surface area (Å²) in [6.45, 7) is 8.46. The number of rotatable bonds is 6. The number of amides is 1. The van der Waals surface area contributed by atoms with Crippen molar-refractivity contribution in [2.45, 2.75) is 20.3 Å². The number of carbonyl (C=O) groups is 1. The molecule has 3 rings (SSSR count). The summed E-state index contributed by atoms with van der Waals surface area (Å²) in [7, 11) is 3.31. The summed E-state index contributed by atoms with van der Waals surface area (Å²) in [6, 6.07) is 12.0. The SMILES string of the molecule is COc1ccc(CCN2CCN(C(=O)c3ccc(C)c(C)c3)CC2)cc1OC. The van der Waals surface area contributed by atoms with Gasteiger partial charge in [-0.25, -0.2) is 0 Å². The predicted octanol–water partition coefficient (Wildman–Crippen LogP) is 3.32.